The highest BCUT2D eigenvalue weighted by Crippen LogP contribution is 2.18. The van der Waals surface area contributed by atoms with Crippen LogP contribution < -0.4 is 15.4 Å². The molecule has 0 saturated carbocycles. The number of aromatic nitrogens is 1. The molecule has 2 N–H and O–H groups in total. The maximum absolute atomic E-state index is 13.3. The molecule has 0 unspecified atom stereocenters. The van der Waals surface area contributed by atoms with Crippen LogP contribution in [0, 0.1) is 16.8 Å². The predicted octanol–water partition coefficient (Wildman–Crippen LogP) is 2.90. The van der Waals surface area contributed by atoms with Crippen LogP contribution in [0.25, 0.3) is 0 Å². The molecular weight excluding hydrogens is 292 g/mol. The van der Waals surface area contributed by atoms with E-state index in [2.05, 4.69) is 10.6 Å². The van der Waals surface area contributed by atoms with Crippen molar-refractivity contribution in [1.29, 1.82) is 0 Å². The molecule has 2 aromatic rings. The Kier molecular flexibility index (Phi) is 3.99. The molecule has 5 nitrogen and oxygen atoms in total. The molecule has 0 bridgehead atoms. The Bertz CT molecular complexity index is 661. The molecule has 104 valence electrons. The van der Waals surface area contributed by atoms with E-state index in [1.807, 2.05) is 0 Å². The number of amides is 2. The van der Waals surface area contributed by atoms with Gasteiger partial charge >= 0.3 is 11.2 Å². The summed E-state index contributed by atoms with van der Waals surface area (Å²) < 4.78 is 26.6. The third-order valence-electron chi connectivity index (χ3n) is 2.32. The number of anilines is 2. The van der Waals surface area contributed by atoms with E-state index < -0.39 is 17.7 Å². The van der Waals surface area contributed by atoms with Gasteiger partial charge in [-0.2, -0.15) is 4.73 Å². The second-order valence-corrected chi connectivity index (χ2v) is 4.10. The van der Waals surface area contributed by atoms with Crippen molar-refractivity contribution in [2.45, 2.75) is 0 Å². The molecule has 0 spiro atoms. The number of urea groups is 1. The quantitative estimate of drug-likeness (QED) is 0.508. The Labute approximate surface area is 117 Å². The topological polar surface area (TPSA) is 68.1 Å². The van der Waals surface area contributed by atoms with Crippen LogP contribution in [0.4, 0.5) is 25.0 Å². The van der Waals surface area contributed by atoms with Gasteiger partial charge in [0.05, 0.1) is 5.69 Å². The number of hydrogen-bond acceptors (Lipinski definition) is 2. The first-order chi connectivity index (χ1) is 9.47. The van der Waals surface area contributed by atoms with Gasteiger partial charge in [0.15, 0.2) is 6.20 Å². The van der Waals surface area contributed by atoms with Crippen molar-refractivity contribution in [2.75, 3.05) is 10.6 Å². The minimum Gasteiger partial charge on any atom is -0.618 e. The lowest BCUT2D eigenvalue weighted by atomic mass is 10.3. The van der Waals surface area contributed by atoms with Gasteiger partial charge in [-0.3, -0.25) is 0 Å². The summed E-state index contributed by atoms with van der Waals surface area (Å²) in [6.45, 7) is 0. The average Bonchev–Trinajstić information content (AvgIpc) is 2.39. The first-order valence-electron chi connectivity index (χ1n) is 5.38. The molecule has 1 heterocycles. The molecule has 8 heteroatoms. The lowest BCUT2D eigenvalue weighted by molar-refractivity contribution is -0.602. The number of nitrogens with one attached hydrogen (secondary N) is 2. The molecule has 0 fully saturated rings. The second kappa shape index (κ2) is 5.70. The molecule has 0 aliphatic rings. The molecule has 2 rings (SSSR count). The van der Waals surface area contributed by atoms with Gasteiger partial charge in [0, 0.05) is 12.1 Å². The van der Waals surface area contributed by atoms with Crippen LogP contribution in [-0.2, 0) is 0 Å². The Morgan fingerprint density at radius 2 is 1.90 bits per heavy atom. The highest BCUT2D eigenvalue weighted by atomic mass is 35.5. The van der Waals surface area contributed by atoms with Crippen LogP contribution in [0.15, 0.2) is 36.5 Å². The van der Waals surface area contributed by atoms with Crippen molar-refractivity contribution in [3.8, 4) is 0 Å². The number of benzene rings is 1. The molecule has 1 aromatic heterocycles. The number of pyridine rings is 1. The number of carbonyl (C=O) groups is 1. The highest BCUT2D eigenvalue weighted by molar-refractivity contribution is 6.31. The molecule has 0 atom stereocenters. The number of carbonyl (C=O) groups excluding carboxylic acids is 1. The summed E-state index contributed by atoms with van der Waals surface area (Å²) in [4.78, 5) is 11.6. The van der Waals surface area contributed by atoms with Crippen molar-refractivity contribution < 1.29 is 18.3 Å². The lowest BCUT2D eigenvalue weighted by Gasteiger charge is -2.09. The summed E-state index contributed by atoms with van der Waals surface area (Å²) in [6, 6.07) is 4.53. The van der Waals surface area contributed by atoms with Crippen molar-refractivity contribution in [3.63, 3.8) is 0 Å². The van der Waals surface area contributed by atoms with E-state index in [9.17, 15) is 18.8 Å². The Hall–Kier alpha value is -2.41. The van der Waals surface area contributed by atoms with Crippen LogP contribution in [0.5, 0.6) is 0 Å². The van der Waals surface area contributed by atoms with Crippen molar-refractivity contribution in [1.82, 2.24) is 0 Å². The van der Waals surface area contributed by atoms with E-state index in [4.69, 9.17) is 11.6 Å². The average molecular weight is 300 g/mol. The van der Waals surface area contributed by atoms with Gasteiger partial charge in [0.25, 0.3) is 0 Å². The maximum Gasteiger partial charge on any atom is 0.323 e. The van der Waals surface area contributed by atoms with Gasteiger partial charge in [-0.05, 0) is 29.8 Å². The summed E-state index contributed by atoms with van der Waals surface area (Å²) in [7, 11) is 0. The molecule has 0 saturated heterocycles. The van der Waals surface area contributed by atoms with Gasteiger partial charge in [-0.1, -0.05) is 0 Å². The van der Waals surface area contributed by atoms with Crippen LogP contribution in [-0.4, -0.2) is 6.03 Å². The standard InChI is InChI=1S/C12H8ClF2N3O2/c13-11-9(2-1-5-18(11)20)16-12(19)17-10-6-7(14)3-4-8(10)15/h1-6H,(H2,16,17,19). The fourth-order valence-electron chi connectivity index (χ4n) is 1.43. The number of hydrogen-bond donors (Lipinski definition) is 2. The zero-order valence-corrected chi connectivity index (χ0v) is 10.6. The van der Waals surface area contributed by atoms with Crippen LogP contribution in [0.3, 0.4) is 0 Å². The van der Waals surface area contributed by atoms with Gasteiger partial charge in [-0.15, -0.1) is 0 Å². The monoisotopic (exact) mass is 299 g/mol. The van der Waals surface area contributed by atoms with Crippen LogP contribution in [0.1, 0.15) is 0 Å². The summed E-state index contributed by atoms with van der Waals surface area (Å²) >= 11 is 5.67. The van der Waals surface area contributed by atoms with Crippen LogP contribution in [0.2, 0.25) is 5.15 Å². The zero-order chi connectivity index (χ0) is 14.7. The Morgan fingerprint density at radius 3 is 2.65 bits per heavy atom. The minimum atomic E-state index is -0.859. The molecule has 2 amide bonds. The van der Waals surface area contributed by atoms with E-state index in [-0.39, 0.29) is 16.5 Å². The molecule has 0 aliphatic carbocycles. The second-order valence-electron chi connectivity index (χ2n) is 3.74. The summed E-state index contributed by atoms with van der Waals surface area (Å²) in [5.74, 6) is -1.49. The van der Waals surface area contributed by atoms with Crippen molar-refractivity contribution >= 4 is 29.0 Å². The summed E-state index contributed by atoms with van der Waals surface area (Å²) in [5, 5.41) is 15.3. The fourth-order valence-corrected chi connectivity index (χ4v) is 1.60. The summed E-state index contributed by atoms with van der Waals surface area (Å²) in [5.41, 5.74) is -0.289. The minimum absolute atomic E-state index is 0.0403. The van der Waals surface area contributed by atoms with E-state index in [1.165, 1.54) is 12.1 Å². The largest absolute Gasteiger partial charge is 0.618 e. The molecule has 20 heavy (non-hydrogen) atoms. The molecular formula is C12H8ClF2N3O2. The van der Waals surface area contributed by atoms with Crippen molar-refractivity contribution in [3.05, 3.63) is 58.5 Å². The SMILES string of the molecule is O=C(Nc1cc(F)ccc1F)Nc1ccc[n+]([O-])c1Cl. The summed E-state index contributed by atoms with van der Waals surface area (Å²) in [6.07, 6.45) is 1.15. The maximum atomic E-state index is 13.3. The molecule has 0 aliphatic heterocycles. The zero-order valence-electron chi connectivity index (χ0n) is 9.86. The smallest absolute Gasteiger partial charge is 0.323 e. The van der Waals surface area contributed by atoms with Gasteiger partial charge in [-0.25, -0.2) is 13.6 Å². The van der Waals surface area contributed by atoms with E-state index in [0.29, 0.717) is 4.73 Å². The first-order valence-corrected chi connectivity index (χ1v) is 5.76. The fraction of sp³-hybridized carbons (Fsp3) is 0. The van der Waals surface area contributed by atoms with E-state index in [0.717, 1.165) is 24.4 Å². The normalized spacial score (nSPS) is 10.2. The third-order valence-corrected chi connectivity index (χ3v) is 2.70. The predicted molar refractivity (Wildman–Crippen MR) is 69.4 cm³/mol. The van der Waals surface area contributed by atoms with Crippen molar-refractivity contribution in [2.24, 2.45) is 0 Å². The van der Waals surface area contributed by atoms with E-state index >= 15 is 0 Å². The van der Waals surface area contributed by atoms with Gasteiger partial charge in [0.1, 0.15) is 17.3 Å². The Balaban J connectivity index is 2.13. The molecule has 1 aromatic carbocycles. The number of rotatable bonds is 2. The number of halogens is 3. The Morgan fingerprint density at radius 1 is 1.20 bits per heavy atom. The van der Waals surface area contributed by atoms with Gasteiger partial charge < -0.3 is 15.8 Å². The number of nitrogens with zero attached hydrogens (tertiary/aromatic N) is 1. The molecule has 0 radical (unpaired) electrons. The third kappa shape index (κ3) is 3.12. The lowest BCUT2D eigenvalue weighted by Crippen LogP contribution is -2.29. The van der Waals surface area contributed by atoms with Crippen LogP contribution >= 0.6 is 11.6 Å². The first kappa shape index (κ1) is 14.0. The van der Waals surface area contributed by atoms with Gasteiger partial charge in [0.2, 0.25) is 0 Å². The van der Waals surface area contributed by atoms with E-state index in [1.54, 1.807) is 0 Å². The highest BCUT2D eigenvalue weighted by Gasteiger charge is 2.13.